The third-order valence-electron chi connectivity index (χ3n) is 2.19. The number of rotatable bonds is 3. The van der Waals surface area contributed by atoms with Crippen molar-refractivity contribution in [1.29, 1.82) is 0 Å². The Balaban J connectivity index is 2.62. The fourth-order valence-electron chi connectivity index (χ4n) is 1.52. The van der Waals surface area contributed by atoms with E-state index in [0.29, 0.717) is 13.0 Å². The lowest BCUT2D eigenvalue weighted by Gasteiger charge is -2.22. The van der Waals surface area contributed by atoms with E-state index in [4.69, 9.17) is 5.11 Å². The molecule has 0 aromatic rings. The molecule has 78 valence electrons. The fourth-order valence-corrected chi connectivity index (χ4v) is 2.83. The minimum atomic E-state index is -1.08. The van der Waals surface area contributed by atoms with Crippen molar-refractivity contribution >= 4 is 11.0 Å². The van der Waals surface area contributed by atoms with Crippen molar-refractivity contribution in [3.05, 3.63) is 0 Å². The van der Waals surface area contributed by atoms with Gasteiger partial charge in [0.15, 0.2) is 0 Å². The molecule has 1 rings (SSSR count). The molecule has 1 aliphatic heterocycles. The summed E-state index contributed by atoms with van der Waals surface area (Å²) in [5.41, 5.74) is 0. The molecule has 0 spiro atoms. The van der Waals surface area contributed by atoms with Crippen LogP contribution in [0.5, 0.6) is 0 Å². The van der Waals surface area contributed by atoms with Gasteiger partial charge in [0.1, 0.15) is 0 Å². The third-order valence-corrected chi connectivity index (χ3v) is 3.90. The molecule has 1 saturated heterocycles. The van der Waals surface area contributed by atoms with Crippen molar-refractivity contribution in [2.24, 2.45) is 0 Å². The van der Waals surface area contributed by atoms with Crippen LogP contribution in [0.4, 0.5) is 0 Å². The zero-order valence-corrected chi connectivity index (χ0v) is 8.83. The van der Waals surface area contributed by atoms with Gasteiger partial charge < -0.3 is 10.2 Å². The van der Waals surface area contributed by atoms with E-state index in [-0.39, 0.29) is 17.9 Å². The summed E-state index contributed by atoms with van der Waals surface area (Å²) in [6.45, 7) is 4.12. The predicted octanol–water partition coefficient (Wildman–Crippen LogP) is -0.514. The third kappa shape index (κ3) is 2.49. The maximum absolute atomic E-state index is 11.7. The highest BCUT2D eigenvalue weighted by atomic mass is 32.2. The Bertz CT molecular complexity index is 198. The maximum atomic E-state index is 11.7. The molecule has 1 aliphatic rings. The monoisotopic (exact) mass is 207 g/mol. The van der Waals surface area contributed by atoms with Crippen LogP contribution in [0, 0.1) is 0 Å². The summed E-state index contributed by atoms with van der Waals surface area (Å²) in [4.78, 5) is 0. The first kappa shape index (κ1) is 11.1. The summed E-state index contributed by atoms with van der Waals surface area (Å²) < 4.78 is 13.4. The van der Waals surface area contributed by atoms with E-state index in [1.54, 1.807) is 4.31 Å². The Kier molecular flexibility index (Phi) is 3.85. The van der Waals surface area contributed by atoms with Gasteiger partial charge in [-0.05, 0) is 20.3 Å². The van der Waals surface area contributed by atoms with Gasteiger partial charge in [-0.2, -0.15) is 0 Å². The lowest BCUT2D eigenvalue weighted by Crippen LogP contribution is -2.37. The van der Waals surface area contributed by atoms with Gasteiger partial charge in [-0.15, -0.1) is 0 Å². The molecule has 0 aromatic heterocycles. The van der Waals surface area contributed by atoms with Crippen molar-refractivity contribution in [2.45, 2.75) is 37.7 Å². The van der Waals surface area contributed by atoms with Crippen molar-refractivity contribution in [3.63, 3.8) is 0 Å². The molecule has 0 bridgehead atoms. The van der Waals surface area contributed by atoms with Gasteiger partial charge in [0.25, 0.3) is 0 Å². The highest BCUT2D eigenvalue weighted by Gasteiger charge is 2.34. The smallest absolute Gasteiger partial charge is 0.0972 e. The Morgan fingerprint density at radius 3 is 2.69 bits per heavy atom. The Morgan fingerprint density at radius 1 is 1.62 bits per heavy atom. The van der Waals surface area contributed by atoms with Gasteiger partial charge in [-0.3, -0.25) is 0 Å². The van der Waals surface area contributed by atoms with E-state index >= 15 is 0 Å². The molecule has 2 N–H and O–H groups in total. The molecular formula is C8H17NO3S. The molecule has 3 unspecified atom stereocenters. The molecule has 1 heterocycles. The first-order valence-electron chi connectivity index (χ1n) is 4.52. The maximum Gasteiger partial charge on any atom is 0.0972 e. The summed E-state index contributed by atoms with van der Waals surface area (Å²) >= 11 is 0. The minimum Gasteiger partial charge on any atom is -0.395 e. The van der Waals surface area contributed by atoms with Crippen LogP contribution in [0.25, 0.3) is 0 Å². The molecule has 0 aliphatic carbocycles. The van der Waals surface area contributed by atoms with Crippen LogP contribution in [0.1, 0.15) is 20.3 Å². The van der Waals surface area contributed by atoms with E-state index in [2.05, 4.69) is 0 Å². The summed E-state index contributed by atoms with van der Waals surface area (Å²) in [6.07, 6.45) is 0.0782. The van der Waals surface area contributed by atoms with Crippen LogP contribution < -0.4 is 0 Å². The molecule has 0 aromatic carbocycles. The first-order valence-corrected chi connectivity index (χ1v) is 5.69. The quantitative estimate of drug-likeness (QED) is 0.655. The summed E-state index contributed by atoms with van der Waals surface area (Å²) in [6, 6.07) is -0.141. The minimum absolute atomic E-state index is 0.0322. The van der Waals surface area contributed by atoms with Gasteiger partial charge in [0.05, 0.1) is 23.7 Å². The summed E-state index contributed by atoms with van der Waals surface area (Å²) in [5, 5.41) is 18.4. The second kappa shape index (κ2) is 4.50. The van der Waals surface area contributed by atoms with E-state index in [1.165, 1.54) is 0 Å². The van der Waals surface area contributed by atoms with Gasteiger partial charge in [-0.1, -0.05) is 0 Å². The number of hydrogen-bond donors (Lipinski definition) is 2. The van der Waals surface area contributed by atoms with Crippen molar-refractivity contribution in [3.8, 4) is 0 Å². The molecule has 3 atom stereocenters. The van der Waals surface area contributed by atoms with Gasteiger partial charge in [-0.25, -0.2) is 8.51 Å². The zero-order chi connectivity index (χ0) is 10.0. The Morgan fingerprint density at radius 2 is 2.23 bits per heavy atom. The molecule has 5 heteroatoms. The number of aliphatic hydroxyl groups is 2. The van der Waals surface area contributed by atoms with Crippen molar-refractivity contribution in [1.82, 2.24) is 4.31 Å². The van der Waals surface area contributed by atoms with Gasteiger partial charge in [0, 0.05) is 17.8 Å². The van der Waals surface area contributed by atoms with Crippen molar-refractivity contribution in [2.75, 3.05) is 13.2 Å². The van der Waals surface area contributed by atoms with Crippen LogP contribution in [0.3, 0.4) is 0 Å². The fraction of sp³-hybridized carbons (Fsp3) is 1.00. The molecule has 1 fully saturated rings. The number of hydrogen-bond acceptors (Lipinski definition) is 3. The zero-order valence-electron chi connectivity index (χ0n) is 8.01. The molecule has 4 nitrogen and oxygen atoms in total. The number of aliphatic hydroxyl groups excluding tert-OH is 2. The lowest BCUT2D eigenvalue weighted by atomic mass is 10.2. The van der Waals surface area contributed by atoms with Gasteiger partial charge >= 0.3 is 0 Å². The number of β-amino-alcohol motifs (C(OH)–C–C–N with tert-alkyl or cyclic N) is 1. The first-order chi connectivity index (χ1) is 6.06. The molecule has 13 heavy (non-hydrogen) atoms. The highest BCUT2D eigenvalue weighted by molar-refractivity contribution is 7.83. The molecule has 0 amide bonds. The lowest BCUT2D eigenvalue weighted by molar-refractivity contribution is 0.184. The van der Waals surface area contributed by atoms with Crippen LogP contribution in [0.15, 0.2) is 0 Å². The summed E-state index contributed by atoms with van der Waals surface area (Å²) in [5.74, 6) is 0. The van der Waals surface area contributed by atoms with Crippen LogP contribution in [-0.4, -0.2) is 49.3 Å². The van der Waals surface area contributed by atoms with E-state index in [1.807, 2.05) is 13.8 Å². The second-order valence-corrected chi connectivity index (χ2v) is 5.61. The molecular weight excluding hydrogens is 190 g/mol. The van der Waals surface area contributed by atoms with Crippen LogP contribution >= 0.6 is 0 Å². The van der Waals surface area contributed by atoms with Crippen LogP contribution in [-0.2, 0) is 11.0 Å². The van der Waals surface area contributed by atoms with E-state index in [9.17, 15) is 9.32 Å². The van der Waals surface area contributed by atoms with Crippen molar-refractivity contribution < 1.29 is 14.4 Å². The Hall–Kier alpha value is 0.0300. The highest BCUT2D eigenvalue weighted by Crippen LogP contribution is 2.20. The number of nitrogens with zero attached hydrogens (tertiary/aromatic N) is 1. The Labute approximate surface area is 81.1 Å². The topological polar surface area (TPSA) is 60.8 Å². The van der Waals surface area contributed by atoms with E-state index < -0.39 is 17.1 Å². The average Bonchev–Trinajstić information content (AvgIpc) is 2.45. The second-order valence-electron chi connectivity index (χ2n) is 3.65. The summed E-state index contributed by atoms with van der Waals surface area (Å²) in [7, 11) is -1.08. The SMILES string of the molecule is CC(C)S(=O)N1CC(O)CC1CO. The van der Waals surface area contributed by atoms with Crippen LogP contribution in [0.2, 0.25) is 0 Å². The van der Waals surface area contributed by atoms with Gasteiger partial charge in [0.2, 0.25) is 0 Å². The molecule has 0 saturated carbocycles. The standard InChI is InChI=1S/C8H17NO3S/c1-6(2)13(12)9-4-8(11)3-7(9)5-10/h6-8,10-11H,3-5H2,1-2H3. The predicted molar refractivity (Wildman–Crippen MR) is 51.5 cm³/mol. The average molecular weight is 207 g/mol. The molecule has 0 radical (unpaired) electrons. The normalized spacial score (nSPS) is 32.7. The van der Waals surface area contributed by atoms with E-state index in [0.717, 1.165) is 0 Å². The largest absolute Gasteiger partial charge is 0.395 e.